The van der Waals surface area contributed by atoms with Crippen LogP contribution < -0.4 is 10.0 Å². The predicted octanol–water partition coefficient (Wildman–Crippen LogP) is 1.91. The fourth-order valence-electron chi connectivity index (χ4n) is 1.76. The van der Waals surface area contributed by atoms with Crippen LogP contribution in [0.25, 0.3) is 0 Å². The van der Waals surface area contributed by atoms with Gasteiger partial charge in [0, 0.05) is 29.5 Å². The van der Waals surface area contributed by atoms with Crippen molar-refractivity contribution >= 4 is 33.2 Å². The normalized spacial score (nSPS) is 11.8. The number of aromatic amines is 1. The minimum atomic E-state index is -3.75. The Morgan fingerprint density at radius 1 is 1.29 bits per heavy atom. The summed E-state index contributed by atoms with van der Waals surface area (Å²) in [7, 11) is -2.03. The van der Waals surface area contributed by atoms with Gasteiger partial charge in [0.1, 0.15) is 10.7 Å². The van der Waals surface area contributed by atoms with Gasteiger partial charge in [0.15, 0.2) is 0 Å². The van der Waals surface area contributed by atoms with E-state index in [1.54, 1.807) is 19.4 Å². The van der Waals surface area contributed by atoms with Crippen molar-refractivity contribution in [1.82, 2.24) is 20.0 Å². The van der Waals surface area contributed by atoms with Crippen LogP contribution in [0.1, 0.15) is 11.4 Å². The number of H-pyrrole nitrogens is 1. The van der Waals surface area contributed by atoms with Crippen LogP contribution in [0.3, 0.4) is 0 Å². The maximum Gasteiger partial charge on any atom is 0.242 e. The van der Waals surface area contributed by atoms with E-state index in [-0.39, 0.29) is 16.5 Å². The van der Waals surface area contributed by atoms with Gasteiger partial charge in [-0.3, -0.25) is 0 Å². The Hall–Kier alpha value is -1.12. The molecule has 1 aromatic heterocycles. The van der Waals surface area contributed by atoms with E-state index < -0.39 is 10.0 Å². The van der Waals surface area contributed by atoms with Crippen LogP contribution in [0.2, 0.25) is 10.0 Å². The number of benzene rings is 1. The number of rotatable bonds is 6. The third-order valence-electron chi connectivity index (χ3n) is 2.78. The molecule has 0 aliphatic heterocycles. The SMILES string of the molecule is CNCc1c(Cl)ccc(S(=O)(=O)NCc2ncc[nH]2)c1Cl. The zero-order valence-corrected chi connectivity index (χ0v) is 13.5. The average molecular weight is 349 g/mol. The van der Waals surface area contributed by atoms with Crippen molar-refractivity contribution in [2.45, 2.75) is 18.0 Å². The number of imidazole rings is 1. The van der Waals surface area contributed by atoms with E-state index in [1.807, 2.05) is 0 Å². The first kappa shape index (κ1) is 16.3. The molecule has 0 aliphatic carbocycles. The van der Waals surface area contributed by atoms with Gasteiger partial charge in [0.25, 0.3) is 0 Å². The number of aromatic nitrogens is 2. The number of nitrogens with one attached hydrogen (secondary N) is 3. The Bertz CT molecular complexity index is 717. The van der Waals surface area contributed by atoms with Crippen LogP contribution in [0.5, 0.6) is 0 Å². The lowest BCUT2D eigenvalue weighted by atomic mass is 10.2. The maximum absolute atomic E-state index is 12.3. The number of sulfonamides is 1. The number of halogens is 2. The zero-order valence-electron chi connectivity index (χ0n) is 11.2. The van der Waals surface area contributed by atoms with E-state index in [0.29, 0.717) is 23.0 Å². The molecule has 21 heavy (non-hydrogen) atoms. The molecule has 0 saturated carbocycles. The quantitative estimate of drug-likeness (QED) is 0.744. The second kappa shape index (κ2) is 6.76. The lowest BCUT2D eigenvalue weighted by molar-refractivity contribution is 0.579. The summed E-state index contributed by atoms with van der Waals surface area (Å²) in [6.45, 7) is 0.425. The molecular weight excluding hydrogens is 335 g/mol. The van der Waals surface area contributed by atoms with Crippen molar-refractivity contribution in [3.05, 3.63) is 46.0 Å². The fourth-order valence-corrected chi connectivity index (χ4v) is 3.66. The van der Waals surface area contributed by atoms with Gasteiger partial charge in [-0.2, -0.15) is 0 Å². The van der Waals surface area contributed by atoms with Gasteiger partial charge in [-0.1, -0.05) is 23.2 Å². The summed E-state index contributed by atoms with van der Waals surface area (Å²) in [5.74, 6) is 0.513. The molecule has 0 amide bonds. The highest BCUT2D eigenvalue weighted by atomic mass is 35.5. The lowest BCUT2D eigenvalue weighted by Gasteiger charge is -2.12. The van der Waals surface area contributed by atoms with Crippen molar-refractivity contribution in [3.63, 3.8) is 0 Å². The minimum Gasteiger partial charge on any atom is -0.347 e. The first-order valence-electron chi connectivity index (χ1n) is 6.05. The molecule has 1 heterocycles. The molecule has 0 saturated heterocycles. The molecule has 6 nitrogen and oxygen atoms in total. The van der Waals surface area contributed by atoms with E-state index in [2.05, 4.69) is 20.0 Å². The van der Waals surface area contributed by atoms with Crippen molar-refractivity contribution in [1.29, 1.82) is 0 Å². The van der Waals surface area contributed by atoms with E-state index in [4.69, 9.17) is 23.2 Å². The van der Waals surface area contributed by atoms with Crippen molar-refractivity contribution in [2.75, 3.05) is 7.05 Å². The number of nitrogens with zero attached hydrogens (tertiary/aromatic N) is 1. The third-order valence-corrected chi connectivity index (χ3v) is 5.12. The Kier molecular flexibility index (Phi) is 5.23. The van der Waals surface area contributed by atoms with Crippen LogP contribution in [-0.2, 0) is 23.1 Å². The lowest BCUT2D eigenvalue weighted by Crippen LogP contribution is -2.24. The molecule has 0 spiro atoms. The summed E-state index contributed by atoms with van der Waals surface area (Å²) in [6.07, 6.45) is 3.16. The molecule has 2 aromatic rings. The van der Waals surface area contributed by atoms with Gasteiger partial charge in [-0.25, -0.2) is 18.1 Å². The monoisotopic (exact) mass is 348 g/mol. The maximum atomic E-state index is 12.3. The van der Waals surface area contributed by atoms with Gasteiger partial charge in [0.2, 0.25) is 10.0 Å². The Labute approximate surface area is 132 Å². The van der Waals surface area contributed by atoms with Crippen molar-refractivity contribution in [2.24, 2.45) is 0 Å². The topological polar surface area (TPSA) is 86.9 Å². The average Bonchev–Trinajstić information content (AvgIpc) is 2.94. The molecule has 0 radical (unpaired) electrons. The standard InChI is InChI=1S/C12H14Cl2N4O2S/c1-15-6-8-9(13)2-3-10(12(8)14)21(19,20)18-7-11-16-4-5-17-11/h2-5,15,18H,6-7H2,1H3,(H,16,17). The minimum absolute atomic E-state index is 0.00891. The molecule has 9 heteroatoms. The summed E-state index contributed by atoms with van der Waals surface area (Å²) in [5.41, 5.74) is 0.543. The molecule has 0 fully saturated rings. The van der Waals surface area contributed by atoms with Gasteiger partial charge >= 0.3 is 0 Å². The van der Waals surface area contributed by atoms with Gasteiger partial charge in [-0.15, -0.1) is 0 Å². The molecule has 0 bridgehead atoms. The summed E-state index contributed by atoms with van der Waals surface area (Å²) < 4.78 is 27.1. The van der Waals surface area contributed by atoms with Crippen LogP contribution in [0.4, 0.5) is 0 Å². The van der Waals surface area contributed by atoms with Crippen LogP contribution in [0.15, 0.2) is 29.4 Å². The van der Waals surface area contributed by atoms with Crippen LogP contribution in [0, 0.1) is 0 Å². The molecule has 0 aliphatic rings. The molecule has 114 valence electrons. The largest absolute Gasteiger partial charge is 0.347 e. The highest BCUT2D eigenvalue weighted by molar-refractivity contribution is 7.89. The highest BCUT2D eigenvalue weighted by Crippen LogP contribution is 2.30. The highest BCUT2D eigenvalue weighted by Gasteiger charge is 2.21. The fraction of sp³-hybridized carbons (Fsp3) is 0.250. The summed E-state index contributed by atoms with van der Waals surface area (Å²) in [5, 5.41) is 3.43. The molecule has 1 aromatic carbocycles. The van der Waals surface area contributed by atoms with E-state index in [1.165, 1.54) is 12.1 Å². The summed E-state index contributed by atoms with van der Waals surface area (Å²) in [4.78, 5) is 6.76. The molecular formula is C12H14Cl2N4O2S. The second-order valence-electron chi connectivity index (χ2n) is 4.23. The van der Waals surface area contributed by atoms with Gasteiger partial charge in [0.05, 0.1) is 11.6 Å². The summed E-state index contributed by atoms with van der Waals surface area (Å²) in [6, 6.07) is 2.90. The Morgan fingerprint density at radius 3 is 2.67 bits per heavy atom. The van der Waals surface area contributed by atoms with E-state index in [9.17, 15) is 8.42 Å². The van der Waals surface area contributed by atoms with E-state index >= 15 is 0 Å². The molecule has 0 atom stereocenters. The van der Waals surface area contributed by atoms with Crippen molar-refractivity contribution in [3.8, 4) is 0 Å². The zero-order chi connectivity index (χ0) is 15.5. The van der Waals surface area contributed by atoms with E-state index in [0.717, 1.165) is 0 Å². The first-order valence-corrected chi connectivity index (χ1v) is 8.29. The third kappa shape index (κ3) is 3.75. The number of hydrogen-bond acceptors (Lipinski definition) is 4. The molecule has 3 N–H and O–H groups in total. The first-order chi connectivity index (χ1) is 9.95. The van der Waals surface area contributed by atoms with Crippen LogP contribution >= 0.6 is 23.2 Å². The van der Waals surface area contributed by atoms with Gasteiger partial charge < -0.3 is 10.3 Å². The smallest absolute Gasteiger partial charge is 0.242 e. The Balaban J connectivity index is 2.29. The van der Waals surface area contributed by atoms with Crippen LogP contribution in [-0.4, -0.2) is 25.4 Å². The predicted molar refractivity (Wildman–Crippen MR) is 81.8 cm³/mol. The Morgan fingerprint density at radius 2 is 2.05 bits per heavy atom. The number of hydrogen-bond donors (Lipinski definition) is 3. The summed E-state index contributed by atoms with van der Waals surface area (Å²) >= 11 is 12.2. The van der Waals surface area contributed by atoms with Gasteiger partial charge in [-0.05, 0) is 19.2 Å². The van der Waals surface area contributed by atoms with Crippen molar-refractivity contribution < 1.29 is 8.42 Å². The molecule has 2 rings (SSSR count). The second-order valence-corrected chi connectivity index (χ2v) is 6.75. The molecule has 0 unspecified atom stereocenters.